The highest BCUT2D eigenvalue weighted by Crippen LogP contribution is 2.24. The Morgan fingerprint density at radius 3 is 1.61 bits per heavy atom. The van der Waals surface area contributed by atoms with Crippen LogP contribution in [-0.2, 0) is 39.8 Å². The summed E-state index contributed by atoms with van der Waals surface area (Å²) >= 11 is 0. The summed E-state index contributed by atoms with van der Waals surface area (Å²) in [7, 11) is 1.31. The minimum Gasteiger partial charge on any atom is -0.465 e. The minimum atomic E-state index is -1.93. The van der Waals surface area contributed by atoms with Crippen LogP contribution in [-0.4, -0.2) is 57.5 Å². The van der Waals surface area contributed by atoms with Crippen LogP contribution in [0.25, 0.3) is 0 Å². The largest absolute Gasteiger partial charge is 0.465 e. The van der Waals surface area contributed by atoms with E-state index >= 15 is 0 Å². The monoisotopic (exact) mass is 500 g/mol. The summed E-state index contributed by atoms with van der Waals surface area (Å²) in [6.45, 7) is 3.71. The third-order valence-corrected chi connectivity index (χ3v) is 5.06. The van der Waals surface area contributed by atoms with Crippen LogP contribution in [0.5, 0.6) is 0 Å². The van der Waals surface area contributed by atoms with Crippen LogP contribution in [0.2, 0.25) is 0 Å². The van der Waals surface area contributed by atoms with Gasteiger partial charge in [0.15, 0.2) is 0 Å². The Morgan fingerprint density at radius 1 is 0.722 bits per heavy atom. The van der Waals surface area contributed by atoms with Gasteiger partial charge in [-0.2, -0.15) is 0 Å². The smallest absolute Gasteiger partial charge is 0.411 e. The lowest BCUT2D eigenvalue weighted by Gasteiger charge is -2.27. The summed E-state index contributed by atoms with van der Waals surface area (Å²) in [6, 6.07) is 14.6. The lowest BCUT2D eigenvalue weighted by Crippen LogP contribution is -2.49. The Morgan fingerprint density at radius 2 is 1.19 bits per heavy atom. The summed E-state index contributed by atoms with van der Waals surface area (Å²) in [6.07, 6.45) is -0.200. The van der Waals surface area contributed by atoms with E-state index in [1.807, 2.05) is 36.4 Å². The Labute approximate surface area is 210 Å². The highest BCUT2D eigenvalue weighted by molar-refractivity contribution is 6.01. The van der Waals surface area contributed by atoms with Crippen molar-refractivity contribution in [2.45, 2.75) is 27.2 Å². The normalized spacial score (nSPS) is 10.8. The number of ether oxygens (including phenoxy) is 4. The van der Waals surface area contributed by atoms with Gasteiger partial charge in [-0.25, -0.2) is 4.79 Å². The van der Waals surface area contributed by atoms with Gasteiger partial charge in [0.1, 0.15) is 6.61 Å². The van der Waals surface area contributed by atoms with E-state index in [1.165, 1.54) is 14.0 Å². The van der Waals surface area contributed by atoms with E-state index in [4.69, 9.17) is 18.9 Å². The van der Waals surface area contributed by atoms with E-state index in [9.17, 15) is 19.2 Å². The quantitative estimate of drug-likeness (QED) is 0.257. The molecule has 0 aromatic heterocycles. The van der Waals surface area contributed by atoms with E-state index in [1.54, 1.807) is 26.0 Å². The number of benzene rings is 2. The first kappa shape index (κ1) is 28.3. The fourth-order valence-corrected chi connectivity index (χ4v) is 3.34. The molecule has 0 spiro atoms. The number of methoxy groups -OCH3 is 1. The van der Waals surface area contributed by atoms with Gasteiger partial charge in [0, 0.05) is 25.4 Å². The molecule has 0 fully saturated rings. The number of rotatable bonds is 12. The summed E-state index contributed by atoms with van der Waals surface area (Å²) < 4.78 is 20.3. The van der Waals surface area contributed by atoms with Gasteiger partial charge in [0.05, 0.1) is 19.8 Å². The average Bonchev–Trinajstić information content (AvgIpc) is 2.84. The number of hydrogen-bond acceptors (Lipinski definition) is 8. The van der Waals surface area contributed by atoms with Gasteiger partial charge in [-0.05, 0) is 55.7 Å². The predicted molar refractivity (Wildman–Crippen MR) is 133 cm³/mol. The molecule has 0 saturated carbocycles. The molecule has 0 radical (unpaired) electrons. The Hall–Kier alpha value is -3.92. The van der Waals surface area contributed by atoms with E-state index < -0.39 is 30.1 Å². The first-order valence-electron chi connectivity index (χ1n) is 11.5. The first-order chi connectivity index (χ1) is 17.2. The lowest BCUT2D eigenvalue weighted by atomic mass is 9.90. The van der Waals surface area contributed by atoms with Crippen LogP contribution in [0.15, 0.2) is 48.5 Å². The lowest BCUT2D eigenvalue weighted by molar-refractivity contribution is -0.179. The van der Waals surface area contributed by atoms with E-state index in [2.05, 4.69) is 10.6 Å². The third kappa shape index (κ3) is 8.09. The van der Waals surface area contributed by atoms with Crippen molar-refractivity contribution in [1.82, 2.24) is 0 Å². The zero-order valence-corrected chi connectivity index (χ0v) is 20.9. The molecule has 36 heavy (non-hydrogen) atoms. The second-order valence-electron chi connectivity index (χ2n) is 7.91. The van der Waals surface area contributed by atoms with Gasteiger partial charge in [0.2, 0.25) is 11.3 Å². The second kappa shape index (κ2) is 13.8. The van der Waals surface area contributed by atoms with Crippen LogP contribution >= 0.6 is 0 Å². The van der Waals surface area contributed by atoms with Crippen molar-refractivity contribution in [2.75, 3.05) is 44.2 Å². The zero-order valence-electron chi connectivity index (χ0n) is 20.9. The number of nitrogens with one attached hydrogen (secondary N) is 2. The molecule has 2 aromatic rings. The van der Waals surface area contributed by atoms with E-state index in [0.29, 0.717) is 12.1 Å². The van der Waals surface area contributed by atoms with Gasteiger partial charge < -0.3 is 24.3 Å². The number of amides is 2. The molecular formula is C26H32N2O8. The molecule has 194 valence electrons. The SMILES string of the molecule is CCOC(=O)C(COC)(COC(=O)Nc1ccc(Cc2ccc(NC(C)=O)cc2)cc1)C(=O)OCC. The third-order valence-electron chi connectivity index (χ3n) is 5.06. The number of anilines is 2. The molecule has 2 rings (SSSR count). The van der Waals surface area contributed by atoms with E-state index in [0.717, 1.165) is 16.8 Å². The Kier molecular flexibility index (Phi) is 10.9. The van der Waals surface area contributed by atoms with Crippen LogP contribution in [0.3, 0.4) is 0 Å². The Bertz CT molecular complexity index is 1020. The molecule has 0 saturated heterocycles. The molecule has 0 aliphatic rings. The minimum absolute atomic E-state index is 0.0295. The summed E-state index contributed by atoms with van der Waals surface area (Å²) in [5.41, 5.74) is 1.32. The zero-order chi connectivity index (χ0) is 26.6. The molecule has 0 aliphatic heterocycles. The molecule has 0 atom stereocenters. The number of hydrogen-bond donors (Lipinski definition) is 2. The fraction of sp³-hybridized carbons (Fsp3) is 0.385. The maximum absolute atomic E-state index is 12.6. The van der Waals surface area contributed by atoms with Crippen LogP contribution in [0.4, 0.5) is 16.2 Å². The first-order valence-corrected chi connectivity index (χ1v) is 11.5. The maximum atomic E-state index is 12.6. The van der Waals surface area contributed by atoms with Gasteiger partial charge in [0.25, 0.3) is 0 Å². The maximum Gasteiger partial charge on any atom is 0.411 e. The van der Waals surface area contributed by atoms with Gasteiger partial charge in [-0.3, -0.25) is 19.7 Å². The molecule has 2 N–H and O–H groups in total. The van der Waals surface area contributed by atoms with Crippen molar-refractivity contribution >= 4 is 35.3 Å². The molecular weight excluding hydrogens is 468 g/mol. The molecule has 0 unspecified atom stereocenters. The van der Waals surface area contributed by atoms with Crippen molar-refractivity contribution in [1.29, 1.82) is 0 Å². The molecule has 10 nitrogen and oxygen atoms in total. The fourth-order valence-electron chi connectivity index (χ4n) is 3.34. The molecule has 0 heterocycles. The Balaban J connectivity index is 2.00. The van der Waals surface area contributed by atoms with Crippen LogP contribution < -0.4 is 10.6 Å². The van der Waals surface area contributed by atoms with Gasteiger partial charge >= 0.3 is 18.0 Å². The highest BCUT2D eigenvalue weighted by Gasteiger charge is 2.51. The second-order valence-corrected chi connectivity index (χ2v) is 7.91. The number of esters is 2. The molecule has 0 aliphatic carbocycles. The van der Waals surface area contributed by atoms with Crippen molar-refractivity contribution < 1.29 is 38.1 Å². The molecule has 2 amide bonds. The number of carbonyl (C=O) groups is 4. The highest BCUT2D eigenvalue weighted by atomic mass is 16.6. The standard InChI is InChI=1S/C26H32N2O8/c1-5-34-23(30)26(16-33-4,24(31)35-6-2)17-36-25(32)28-22-13-9-20(10-14-22)15-19-7-11-21(12-8-19)27-18(3)29/h7-14H,5-6,15-17H2,1-4H3,(H,27,29)(H,28,32). The van der Waals surface area contributed by atoms with Gasteiger partial charge in [-0.1, -0.05) is 24.3 Å². The average molecular weight is 501 g/mol. The number of carbonyl (C=O) groups excluding carboxylic acids is 4. The van der Waals surface area contributed by atoms with Gasteiger partial charge in [-0.15, -0.1) is 0 Å². The van der Waals surface area contributed by atoms with Crippen molar-refractivity contribution in [3.63, 3.8) is 0 Å². The topological polar surface area (TPSA) is 129 Å². The molecule has 10 heteroatoms. The molecule has 0 bridgehead atoms. The predicted octanol–water partition coefficient (Wildman–Crippen LogP) is 3.54. The van der Waals surface area contributed by atoms with Crippen molar-refractivity contribution in [3.8, 4) is 0 Å². The van der Waals surface area contributed by atoms with Crippen molar-refractivity contribution in [3.05, 3.63) is 59.7 Å². The summed E-state index contributed by atoms with van der Waals surface area (Å²) in [5.74, 6) is -1.92. The summed E-state index contributed by atoms with van der Waals surface area (Å²) in [4.78, 5) is 48.7. The summed E-state index contributed by atoms with van der Waals surface area (Å²) in [5, 5.41) is 5.29. The molecule has 2 aromatic carbocycles. The van der Waals surface area contributed by atoms with E-state index in [-0.39, 0.29) is 25.7 Å². The van der Waals surface area contributed by atoms with Crippen molar-refractivity contribution in [2.24, 2.45) is 5.41 Å². The van der Waals surface area contributed by atoms with Crippen LogP contribution in [0.1, 0.15) is 31.9 Å². The van der Waals surface area contributed by atoms with Crippen LogP contribution in [0, 0.1) is 5.41 Å².